The summed E-state index contributed by atoms with van der Waals surface area (Å²) in [5.41, 5.74) is 3.37. The van der Waals surface area contributed by atoms with Crippen LogP contribution in [0.1, 0.15) is 16.7 Å². The van der Waals surface area contributed by atoms with E-state index in [9.17, 15) is 4.79 Å². The molecule has 0 saturated heterocycles. The van der Waals surface area contributed by atoms with E-state index in [4.69, 9.17) is 11.6 Å². The van der Waals surface area contributed by atoms with Crippen molar-refractivity contribution >= 4 is 17.5 Å². The Morgan fingerprint density at radius 1 is 1.10 bits per heavy atom. The minimum absolute atomic E-state index is 0.0159. The Bertz CT molecular complexity index is 583. The first kappa shape index (κ1) is 15.6. The van der Waals surface area contributed by atoms with Crippen molar-refractivity contribution in [3.63, 3.8) is 0 Å². The fourth-order valence-corrected chi connectivity index (χ4v) is 2.52. The molecule has 0 saturated carbocycles. The van der Waals surface area contributed by atoms with E-state index < -0.39 is 0 Å². The summed E-state index contributed by atoms with van der Waals surface area (Å²) < 4.78 is 0. The van der Waals surface area contributed by atoms with Crippen molar-refractivity contribution in [2.24, 2.45) is 0 Å². The smallest absolute Gasteiger partial charge is 0.224 e. The summed E-state index contributed by atoms with van der Waals surface area (Å²) in [6.07, 6.45) is 1.15. The minimum atomic E-state index is -0.0358. The van der Waals surface area contributed by atoms with Gasteiger partial charge in [0.05, 0.1) is 6.42 Å². The van der Waals surface area contributed by atoms with Crippen LogP contribution in [0.2, 0.25) is 0 Å². The van der Waals surface area contributed by atoms with Crippen LogP contribution < -0.4 is 5.32 Å². The Balaban J connectivity index is 1.90. The van der Waals surface area contributed by atoms with Crippen molar-refractivity contribution in [1.82, 2.24) is 5.32 Å². The highest BCUT2D eigenvalue weighted by Crippen LogP contribution is 2.07. The van der Waals surface area contributed by atoms with Gasteiger partial charge in [-0.1, -0.05) is 60.2 Å². The first-order chi connectivity index (χ1) is 10.2. The van der Waals surface area contributed by atoms with Crippen molar-refractivity contribution < 1.29 is 4.79 Å². The summed E-state index contributed by atoms with van der Waals surface area (Å²) in [6, 6.07) is 18.0. The molecule has 0 aromatic heterocycles. The molecule has 0 aliphatic heterocycles. The molecule has 2 rings (SSSR count). The fraction of sp³-hybridized carbons (Fsp3) is 0.278. The summed E-state index contributed by atoms with van der Waals surface area (Å²) in [5, 5.41) is 3.01. The molecule has 0 heterocycles. The predicted octanol–water partition coefficient (Wildman–Crippen LogP) is 3.50. The Kier molecular flexibility index (Phi) is 5.82. The molecule has 1 unspecified atom stereocenters. The zero-order valence-electron chi connectivity index (χ0n) is 12.2. The van der Waals surface area contributed by atoms with Gasteiger partial charge in [0.15, 0.2) is 0 Å². The van der Waals surface area contributed by atoms with Crippen LogP contribution in [0, 0.1) is 6.92 Å². The third-order valence-corrected chi connectivity index (χ3v) is 3.70. The number of hydrogen-bond acceptors (Lipinski definition) is 1. The van der Waals surface area contributed by atoms with Crippen LogP contribution >= 0.6 is 11.6 Å². The Morgan fingerprint density at radius 3 is 2.48 bits per heavy atom. The lowest BCUT2D eigenvalue weighted by molar-refractivity contribution is -0.121. The fourth-order valence-electron chi connectivity index (χ4n) is 2.33. The molecule has 2 nitrogen and oxygen atoms in total. The highest BCUT2D eigenvalue weighted by atomic mass is 35.5. The van der Waals surface area contributed by atoms with Crippen molar-refractivity contribution in [3.05, 3.63) is 71.3 Å². The molecule has 1 amide bonds. The van der Waals surface area contributed by atoms with Crippen molar-refractivity contribution in [2.45, 2.75) is 25.8 Å². The number of hydrogen-bond donors (Lipinski definition) is 1. The van der Waals surface area contributed by atoms with E-state index in [2.05, 4.69) is 5.32 Å². The lowest BCUT2D eigenvalue weighted by Gasteiger charge is -2.16. The lowest BCUT2D eigenvalue weighted by atomic mass is 10.1. The topological polar surface area (TPSA) is 29.1 Å². The Hall–Kier alpha value is -1.80. The first-order valence-electron chi connectivity index (χ1n) is 7.12. The number of alkyl halides is 1. The second kappa shape index (κ2) is 7.84. The average molecular weight is 302 g/mol. The van der Waals surface area contributed by atoms with Gasteiger partial charge in [0.1, 0.15) is 0 Å². The van der Waals surface area contributed by atoms with Gasteiger partial charge in [0, 0.05) is 11.9 Å². The molecule has 0 spiro atoms. The molecule has 0 radical (unpaired) electrons. The van der Waals surface area contributed by atoms with Crippen LogP contribution in [-0.4, -0.2) is 17.8 Å². The zero-order valence-corrected chi connectivity index (χ0v) is 12.9. The molecular formula is C18H20ClNO. The molecule has 0 aliphatic carbocycles. The van der Waals surface area contributed by atoms with Gasteiger partial charge in [-0.3, -0.25) is 4.79 Å². The minimum Gasteiger partial charge on any atom is -0.352 e. The van der Waals surface area contributed by atoms with Crippen LogP contribution in [0.3, 0.4) is 0 Å². The molecule has 2 aromatic rings. The summed E-state index contributed by atoms with van der Waals surface area (Å²) in [5.74, 6) is 0.427. The molecule has 0 bridgehead atoms. The SMILES string of the molecule is Cc1cccc(CC(=O)NC(CCl)Cc2ccccc2)c1. The van der Waals surface area contributed by atoms with Crippen LogP contribution in [0.15, 0.2) is 54.6 Å². The van der Waals surface area contributed by atoms with Gasteiger partial charge in [-0.15, -0.1) is 11.6 Å². The molecular weight excluding hydrogens is 282 g/mol. The second-order valence-corrected chi connectivity index (χ2v) is 5.58. The third kappa shape index (κ3) is 5.24. The molecule has 0 fully saturated rings. The van der Waals surface area contributed by atoms with E-state index in [0.717, 1.165) is 12.0 Å². The van der Waals surface area contributed by atoms with E-state index >= 15 is 0 Å². The zero-order chi connectivity index (χ0) is 15.1. The van der Waals surface area contributed by atoms with Crippen molar-refractivity contribution in [1.29, 1.82) is 0 Å². The summed E-state index contributed by atoms with van der Waals surface area (Å²) in [7, 11) is 0. The van der Waals surface area contributed by atoms with Crippen LogP contribution in [-0.2, 0) is 17.6 Å². The quantitative estimate of drug-likeness (QED) is 0.813. The standard InChI is InChI=1S/C18H20ClNO/c1-14-6-5-9-16(10-14)12-18(21)20-17(13-19)11-15-7-3-2-4-8-15/h2-10,17H,11-13H2,1H3,(H,20,21). The number of rotatable bonds is 6. The van der Waals surface area contributed by atoms with Crippen LogP contribution in [0.25, 0.3) is 0 Å². The molecule has 3 heteroatoms. The predicted molar refractivity (Wildman–Crippen MR) is 87.7 cm³/mol. The van der Waals surface area contributed by atoms with E-state index in [0.29, 0.717) is 12.3 Å². The third-order valence-electron chi connectivity index (χ3n) is 3.32. The maximum Gasteiger partial charge on any atom is 0.224 e. The van der Waals surface area contributed by atoms with E-state index in [1.54, 1.807) is 0 Å². The highest BCUT2D eigenvalue weighted by Gasteiger charge is 2.12. The van der Waals surface area contributed by atoms with Gasteiger partial charge in [-0.25, -0.2) is 0 Å². The second-order valence-electron chi connectivity index (χ2n) is 5.27. The molecule has 1 atom stereocenters. The number of aryl methyl sites for hydroxylation is 1. The summed E-state index contributed by atoms with van der Waals surface area (Å²) in [6.45, 7) is 2.03. The average Bonchev–Trinajstić information content (AvgIpc) is 2.47. The van der Waals surface area contributed by atoms with Crippen molar-refractivity contribution in [2.75, 3.05) is 5.88 Å². The van der Waals surface area contributed by atoms with Gasteiger partial charge in [-0.05, 0) is 24.5 Å². The van der Waals surface area contributed by atoms with Gasteiger partial charge in [0.2, 0.25) is 5.91 Å². The van der Waals surface area contributed by atoms with Crippen LogP contribution in [0.5, 0.6) is 0 Å². The number of benzene rings is 2. The molecule has 21 heavy (non-hydrogen) atoms. The number of carbonyl (C=O) groups is 1. The Morgan fingerprint density at radius 2 is 1.81 bits per heavy atom. The van der Waals surface area contributed by atoms with Crippen LogP contribution in [0.4, 0.5) is 0 Å². The molecule has 2 aromatic carbocycles. The van der Waals surface area contributed by atoms with Gasteiger partial charge in [0.25, 0.3) is 0 Å². The van der Waals surface area contributed by atoms with E-state index in [-0.39, 0.29) is 11.9 Å². The maximum absolute atomic E-state index is 12.1. The molecule has 0 aliphatic rings. The molecule has 110 valence electrons. The normalized spacial score (nSPS) is 11.9. The van der Waals surface area contributed by atoms with Crippen molar-refractivity contribution in [3.8, 4) is 0 Å². The largest absolute Gasteiger partial charge is 0.352 e. The van der Waals surface area contributed by atoms with E-state index in [1.165, 1.54) is 11.1 Å². The molecule has 1 N–H and O–H groups in total. The van der Waals surface area contributed by atoms with Gasteiger partial charge >= 0.3 is 0 Å². The van der Waals surface area contributed by atoms with Gasteiger partial charge < -0.3 is 5.32 Å². The number of amides is 1. The first-order valence-corrected chi connectivity index (χ1v) is 7.65. The Labute approximate surface area is 131 Å². The van der Waals surface area contributed by atoms with E-state index in [1.807, 2.05) is 61.5 Å². The van der Waals surface area contributed by atoms with Gasteiger partial charge in [-0.2, -0.15) is 0 Å². The maximum atomic E-state index is 12.1. The summed E-state index contributed by atoms with van der Waals surface area (Å²) >= 11 is 5.98. The number of halogens is 1. The highest BCUT2D eigenvalue weighted by molar-refractivity contribution is 6.18. The number of nitrogens with one attached hydrogen (secondary N) is 1. The lowest BCUT2D eigenvalue weighted by Crippen LogP contribution is -2.38. The monoisotopic (exact) mass is 301 g/mol. The number of carbonyl (C=O) groups excluding carboxylic acids is 1. The summed E-state index contributed by atoms with van der Waals surface area (Å²) in [4.78, 5) is 12.1.